The Morgan fingerprint density at radius 3 is 2.19 bits per heavy atom. The lowest BCUT2D eigenvalue weighted by Gasteiger charge is -2.58. The van der Waals surface area contributed by atoms with Gasteiger partial charge in [-0.2, -0.15) is 0 Å². The highest BCUT2D eigenvalue weighted by Crippen LogP contribution is 2.56. The van der Waals surface area contributed by atoms with E-state index in [1.807, 2.05) is 0 Å². The van der Waals surface area contributed by atoms with Crippen LogP contribution in [-0.2, 0) is 0 Å². The van der Waals surface area contributed by atoms with Gasteiger partial charge in [0.25, 0.3) is 0 Å². The summed E-state index contributed by atoms with van der Waals surface area (Å²) in [5, 5.41) is 10.8. The monoisotopic (exact) mass is 225 g/mol. The smallest absolute Gasteiger partial charge is 0.0721 e. The third-order valence-electron chi connectivity index (χ3n) is 5.33. The van der Waals surface area contributed by atoms with Crippen LogP contribution in [0.1, 0.15) is 58.8 Å². The van der Waals surface area contributed by atoms with E-state index in [1.165, 1.54) is 19.3 Å². The molecule has 2 rings (SSSR count). The molecule has 2 heteroatoms. The van der Waals surface area contributed by atoms with Crippen molar-refractivity contribution < 1.29 is 5.11 Å². The number of rotatable bonds is 3. The Hall–Kier alpha value is -0.0800. The minimum Gasteiger partial charge on any atom is -0.389 e. The molecular weight excluding hydrogens is 198 g/mol. The van der Waals surface area contributed by atoms with Crippen molar-refractivity contribution in [2.45, 2.75) is 64.4 Å². The summed E-state index contributed by atoms with van der Waals surface area (Å²) in [6.07, 6.45) is 8.10. The van der Waals surface area contributed by atoms with Gasteiger partial charge >= 0.3 is 0 Å². The lowest BCUT2D eigenvalue weighted by atomic mass is 9.51. The van der Waals surface area contributed by atoms with Crippen molar-refractivity contribution in [2.24, 2.45) is 23.0 Å². The van der Waals surface area contributed by atoms with Gasteiger partial charge in [0, 0.05) is 12.0 Å². The predicted octanol–water partition coefficient (Wildman–Crippen LogP) is 2.69. The van der Waals surface area contributed by atoms with Gasteiger partial charge in [-0.05, 0) is 37.5 Å². The highest BCUT2D eigenvalue weighted by atomic mass is 16.3. The molecular formula is C14H27NO. The van der Waals surface area contributed by atoms with Crippen LogP contribution in [0, 0.1) is 17.3 Å². The fourth-order valence-corrected chi connectivity index (χ4v) is 3.80. The maximum Gasteiger partial charge on any atom is 0.0721 e. The molecule has 2 aliphatic rings. The Bertz CT molecular complexity index is 237. The van der Waals surface area contributed by atoms with Crippen molar-refractivity contribution >= 4 is 0 Å². The quantitative estimate of drug-likeness (QED) is 0.775. The molecule has 0 radical (unpaired) electrons. The summed E-state index contributed by atoms with van der Waals surface area (Å²) >= 11 is 0. The Morgan fingerprint density at radius 1 is 1.19 bits per heavy atom. The first-order valence-corrected chi connectivity index (χ1v) is 6.95. The molecule has 0 amide bonds. The first kappa shape index (κ1) is 12.4. The third kappa shape index (κ3) is 1.80. The lowest BCUT2D eigenvalue weighted by Crippen LogP contribution is -2.61. The van der Waals surface area contributed by atoms with E-state index in [-0.39, 0.29) is 5.41 Å². The zero-order valence-corrected chi connectivity index (χ0v) is 10.8. The summed E-state index contributed by atoms with van der Waals surface area (Å²) in [7, 11) is 0. The first-order valence-electron chi connectivity index (χ1n) is 6.95. The molecule has 3 N–H and O–H groups in total. The summed E-state index contributed by atoms with van der Waals surface area (Å²) in [6, 6.07) is 0. The van der Waals surface area contributed by atoms with Gasteiger partial charge in [-0.25, -0.2) is 0 Å². The van der Waals surface area contributed by atoms with Crippen LogP contribution in [0.2, 0.25) is 0 Å². The minimum atomic E-state index is -0.433. The predicted molar refractivity (Wildman–Crippen MR) is 67.1 cm³/mol. The van der Waals surface area contributed by atoms with Gasteiger partial charge in [0.1, 0.15) is 0 Å². The van der Waals surface area contributed by atoms with Gasteiger partial charge < -0.3 is 10.8 Å². The van der Waals surface area contributed by atoms with Crippen molar-refractivity contribution in [1.29, 1.82) is 0 Å². The van der Waals surface area contributed by atoms with Crippen molar-refractivity contribution in [1.82, 2.24) is 0 Å². The van der Waals surface area contributed by atoms with Crippen molar-refractivity contribution in [3.8, 4) is 0 Å². The van der Waals surface area contributed by atoms with Crippen LogP contribution in [0.25, 0.3) is 0 Å². The average Bonchev–Trinajstić information content (AvgIpc) is 2.25. The fraction of sp³-hybridized carbons (Fsp3) is 1.00. The van der Waals surface area contributed by atoms with E-state index >= 15 is 0 Å². The molecule has 2 saturated carbocycles. The lowest BCUT2D eigenvalue weighted by molar-refractivity contribution is -0.184. The van der Waals surface area contributed by atoms with Gasteiger partial charge in [-0.1, -0.05) is 33.1 Å². The second-order valence-electron chi connectivity index (χ2n) is 6.49. The summed E-state index contributed by atoms with van der Waals surface area (Å²) < 4.78 is 0. The van der Waals surface area contributed by atoms with Crippen LogP contribution in [0.4, 0.5) is 0 Å². The van der Waals surface area contributed by atoms with Gasteiger partial charge in [-0.15, -0.1) is 0 Å². The van der Waals surface area contributed by atoms with E-state index in [0.717, 1.165) is 31.6 Å². The maximum absolute atomic E-state index is 10.8. The molecule has 0 unspecified atom stereocenters. The molecule has 0 aromatic carbocycles. The first-order chi connectivity index (χ1) is 7.53. The van der Waals surface area contributed by atoms with Crippen LogP contribution in [0.15, 0.2) is 0 Å². The second-order valence-corrected chi connectivity index (χ2v) is 6.49. The van der Waals surface area contributed by atoms with Crippen LogP contribution in [-0.4, -0.2) is 17.3 Å². The molecule has 0 aromatic rings. The summed E-state index contributed by atoms with van der Waals surface area (Å²) in [5.74, 6) is 1.43. The number of nitrogens with two attached hydrogens (primary N) is 1. The Labute approximate surface area is 99.6 Å². The number of aliphatic hydroxyl groups is 1. The van der Waals surface area contributed by atoms with Crippen molar-refractivity contribution in [2.75, 3.05) is 6.54 Å². The van der Waals surface area contributed by atoms with Crippen LogP contribution < -0.4 is 5.73 Å². The second kappa shape index (κ2) is 4.30. The van der Waals surface area contributed by atoms with E-state index in [9.17, 15) is 5.11 Å². The van der Waals surface area contributed by atoms with Crippen molar-refractivity contribution in [3.63, 3.8) is 0 Å². The van der Waals surface area contributed by atoms with E-state index < -0.39 is 5.60 Å². The highest BCUT2D eigenvalue weighted by molar-refractivity contribution is 5.08. The third-order valence-corrected chi connectivity index (χ3v) is 5.33. The molecule has 2 aliphatic carbocycles. The molecule has 0 saturated heterocycles. The van der Waals surface area contributed by atoms with Crippen molar-refractivity contribution in [3.05, 3.63) is 0 Å². The van der Waals surface area contributed by atoms with Crippen LogP contribution in [0.3, 0.4) is 0 Å². The van der Waals surface area contributed by atoms with E-state index in [1.54, 1.807) is 0 Å². The van der Waals surface area contributed by atoms with Gasteiger partial charge in [0.05, 0.1) is 5.60 Å². The molecule has 2 fully saturated rings. The van der Waals surface area contributed by atoms with E-state index in [2.05, 4.69) is 13.8 Å². The van der Waals surface area contributed by atoms with E-state index in [0.29, 0.717) is 12.5 Å². The number of hydrogen-bond donors (Lipinski definition) is 2. The van der Waals surface area contributed by atoms with E-state index in [4.69, 9.17) is 5.73 Å². The number of hydrogen-bond acceptors (Lipinski definition) is 2. The van der Waals surface area contributed by atoms with Crippen LogP contribution in [0.5, 0.6) is 0 Å². The van der Waals surface area contributed by atoms with Gasteiger partial charge in [-0.3, -0.25) is 0 Å². The summed E-state index contributed by atoms with van der Waals surface area (Å²) in [5.41, 5.74) is 5.61. The summed E-state index contributed by atoms with van der Waals surface area (Å²) in [6.45, 7) is 5.20. The van der Waals surface area contributed by atoms with Gasteiger partial charge in [0.2, 0.25) is 0 Å². The normalized spacial score (nSPS) is 38.4. The molecule has 0 bridgehead atoms. The average molecular weight is 225 g/mol. The Kier molecular flexibility index (Phi) is 3.33. The van der Waals surface area contributed by atoms with Gasteiger partial charge in [0.15, 0.2) is 0 Å². The standard InChI is InChI=1S/C14H27NO/c1-11(2)12-8-14(16,9-12)13(10-15)6-4-3-5-7-13/h11-12,16H,3-10,15H2,1-2H3. The topological polar surface area (TPSA) is 46.2 Å². The molecule has 16 heavy (non-hydrogen) atoms. The molecule has 2 nitrogen and oxygen atoms in total. The molecule has 0 aliphatic heterocycles. The molecule has 0 spiro atoms. The molecule has 0 heterocycles. The summed E-state index contributed by atoms with van der Waals surface area (Å²) in [4.78, 5) is 0. The maximum atomic E-state index is 10.8. The SMILES string of the molecule is CC(C)C1CC(O)(C2(CN)CCCCC2)C1. The molecule has 0 aromatic heterocycles. The zero-order chi connectivity index (χ0) is 11.8. The highest BCUT2D eigenvalue weighted by Gasteiger charge is 2.56. The zero-order valence-electron chi connectivity index (χ0n) is 10.8. The van der Waals surface area contributed by atoms with Crippen LogP contribution >= 0.6 is 0 Å². The largest absolute Gasteiger partial charge is 0.389 e. The molecule has 94 valence electrons. The Morgan fingerprint density at radius 2 is 1.75 bits per heavy atom. The Balaban J connectivity index is 2.05. The molecule has 0 atom stereocenters. The fourth-order valence-electron chi connectivity index (χ4n) is 3.80. The minimum absolute atomic E-state index is 0.0522.